The van der Waals surface area contributed by atoms with E-state index in [4.69, 9.17) is 11.6 Å². The molecule has 0 heterocycles. The van der Waals surface area contributed by atoms with Gasteiger partial charge in [-0.25, -0.2) is 0 Å². The highest BCUT2D eigenvalue weighted by Gasteiger charge is 2.31. The van der Waals surface area contributed by atoms with Crippen LogP contribution in [0.5, 0.6) is 0 Å². The fourth-order valence-corrected chi connectivity index (χ4v) is 3.75. The molecule has 1 N–H and O–H groups in total. The number of carbonyl (C=O) groups excluding carboxylic acids is 1. The number of hydrogen-bond donors (Lipinski definition) is 1. The molecule has 0 bridgehead atoms. The van der Waals surface area contributed by atoms with Crippen molar-refractivity contribution < 1.29 is 4.79 Å². The smallest absolute Gasteiger partial charge is 0.236 e. The molecule has 1 fully saturated rings. The SMILES string of the molecule is CC1CCC(NC(=O)C(C)(C)Sc2ccc(Cl)cc2)CC1. The highest BCUT2D eigenvalue weighted by Crippen LogP contribution is 2.34. The number of amides is 1. The van der Waals surface area contributed by atoms with Crippen molar-refractivity contribution in [3.05, 3.63) is 29.3 Å². The van der Waals surface area contributed by atoms with Crippen molar-refractivity contribution in [2.24, 2.45) is 5.92 Å². The maximum absolute atomic E-state index is 12.5. The Balaban J connectivity index is 1.91. The molecule has 0 spiro atoms. The third-order valence-corrected chi connectivity index (χ3v) is 5.54. The molecule has 1 saturated carbocycles. The summed E-state index contributed by atoms with van der Waals surface area (Å²) in [6.45, 7) is 6.25. The Hall–Kier alpha value is -0.670. The van der Waals surface area contributed by atoms with Crippen LogP contribution in [0.3, 0.4) is 0 Å². The number of thioether (sulfide) groups is 1. The number of halogens is 1. The minimum atomic E-state index is -0.475. The Morgan fingerprint density at radius 3 is 2.33 bits per heavy atom. The van der Waals surface area contributed by atoms with Crippen LogP contribution < -0.4 is 5.32 Å². The number of benzene rings is 1. The number of rotatable bonds is 4. The van der Waals surface area contributed by atoms with Crippen molar-refractivity contribution in [2.75, 3.05) is 0 Å². The molecule has 1 aliphatic rings. The fourth-order valence-electron chi connectivity index (χ4n) is 2.61. The molecule has 4 heteroatoms. The van der Waals surface area contributed by atoms with E-state index in [1.807, 2.05) is 38.1 Å². The van der Waals surface area contributed by atoms with Crippen LogP contribution in [0.4, 0.5) is 0 Å². The van der Waals surface area contributed by atoms with Crippen LogP contribution in [-0.4, -0.2) is 16.7 Å². The summed E-state index contributed by atoms with van der Waals surface area (Å²) in [5.41, 5.74) is 0. The highest BCUT2D eigenvalue weighted by atomic mass is 35.5. The van der Waals surface area contributed by atoms with Gasteiger partial charge >= 0.3 is 0 Å². The van der Waals surface area contributed by atoms with Crippen LogP contribution in [0.1, 0.15) is 46.5 Å². The Morgan fingerprint density at radius 2 is 1.76 bits per heavy atom. The van der Waals surface area contributed by atoms with Gasteiger partial charge in [-0.15, -0.1) is 11.8 Å². The summed E-state index contributed by atoms with van der Waals surface area (Å²) in [5.74, 6) is 0.927. The van der Waals surface area contributed by atoms with Gasteiger partial charge in [0.25, 0.3) is 0 Å². The van der Waals surface area contributed by atoms with E-state index in [-0.39, 0.29) is 5.91 Å². The first-order valence-electron chi connectivity index (χ1n) is 7.62. The van der Waals surface area contributed by atoms with E-state index in [2.05, 4.69) is 12.2 Å². The van der Waals surface area contributed by atoms with Gasteiger partial charge < -0.3 is 5.32 Å². The number of carbonyl (C=O) groups is 1. The van der Waals surface area contributed by atoms with Crippen LogP contribution in [0.15, 0.2) is 29.2 Å². The van der Waals surface area contributed by atoms with Crippen molar-refractivity contribution in [1.29, 1.82) is 0 Å². The minimum absolute atomic E-state index is 0.127. The lowest BCUT2D eigenvalue weighted by molar-refractivity contribution is -0.123. The van der Waals surface area contributed by atoms with Gasteiger partial charge in [-0.1, -0.05) is 18.5 Å². The molecule has 0 unspecified atom stereocenters. The van der Waals surface area contributed by atoms with Crippen LogP contribution in [0, 0.1) is 5.92 Å². The van der Waals surface area contributed by atoms with Gasteiger partial charge in [-0.05, 0) is 69.7 Å². The van der Waals surface area contributed by atoms with Crippen molar-refractivity contribution >= 4 is 29.3 Å². The average molecular weight is 326 g/mol. The van der Waals surface area contributed by atoms with Gasteiger partial charge in [0.2, 0.25) is 5.91 Å². The predicted octanol–water partition coefficient (Wildman–Crippen LogP) is 4.91. The molecule has 0 saturated heterocycles. The first-order valence-corrected chi connectivity index (χ1v) is 8.82. The Bertz CT molecular complexity index is 478. The van der Waals surface area contributed by atoms with E-state index < -0.39 is 4.75 Å². The molecule has 116 valence electrons. The van der Waals surface area contributed by atoms with Gasteiger partial charge in [-0.3, -0.25) is 4.79 Å². The van der Waals surface area contributed by atoms with Gasteiger partial charge in [0.1, 0.15) is 0 Å². The van der Waals surface area contributed by atoms with Crippen molar-refractivity contribution in [1.82, 2.24) is 5.32 Å². The predicted molar refractivity (Wildman–Crippen MR) is 91.0 cm³/mol. The molecule has 1 aliphatic carbocycles. The van der Waals surface area contributed by atoms with Crippen molar-refractivity contribution in [3.8, 4) is 0 Å². The standard InChI is InChI=1S/C17H24ClNOS/c1-12-4-8-14(9-5-12)19-16(20)17(2,3)21-15-10-6-13(18)7-11-15/h6-7,10-12,14H,4-5,8-9H2,1-3H3,(H,19,20). The quantitative estimate of drug-likeness (QED) is 0.797. The first-order chi connectivity index (χ1) is 9.87. The molecule has 1 amide bonds. The van der Waals surface area contributed by atoms with E-state index in [9.17, 15) is 4.79 Å². The maximum atomic E-state index is 12.5. The van der Waals surface area contributed by atoms with Crippen LogP contribution >= 0.6 is 23.4 Å². The van der Waals surface area contributed by atoms with Crippen LogP contribution in [0.2, 0.25) is 5.02 Å². The van der Waals surface area contributed by atoms with Gasteiger partial charge in [0, 0.05) is 16.0 Å². The lowest BCUT2D eigenvalue weighted by atomic mass is 9.87. The molecular formula is C17H24ClNOS. The number of nitrogens with one attached hydrogen (secondary N) is 1. The molecule has 1 aromatic carbocycles. The largest absolute Gasteiger partial charge is 0.352 e. The van der Waals surface area contributed by atoms with Crippen LogP contribution in [0.25, 0.3) is 0 Å². The van der Waals surface area contributed by atoms with Crippen molar-refractivity contribution in [3.63, 3.8) is 0 Å². The lowest BCUT2D eigenvalue weighted by Gasteiger charge is -2.31. The molecule has 2 rings (SSSR count). The third kappa shape index (κ3) is 4.93. The summed E-state index contributed by atoms with van der Waals surface area (Å²) >= 11 is 7.48. The summed E-state index contributed by atoms with van der Waals surface area (Å²) in [5, 5.41) is 3.95. The molecule has 2 nitrogen and oxygen atoms in total. The van der Waals surface area contributed by atoms with E-state index in [0.29, 0.717) is 6.04 Å². The summed E-state index contributed by atoms with van der Waals surface area (Å²) < 4.78 is -0.475. The zero-order valence-corrected chi connectivity index (χ0v) is 14.6. The Labute approximate surface area is 137 Å². The normalized spacial score (nSPS) is 22.9. The summed E-state index contributed by atoms with van der Waals surface area (Å²) in [4.78, 5) is 13.6. The Kier molecular flexibility index (Phi) is 5.61. The van der Waals surface area contributed by atoms with Gasteiger partial charge in [-0.2, -0.15) is 0 Å². The minimum Gasteiger partial charge on any atom is -0.352 e. The summed E-state index contributed by atoms with van der Waals surface area (Å²) in [7, 11) is 0. The molecule has 0 aliphatic heterocycles. The van der Waals surface area contributed by atoms with Crippen molar-refractivity contribution in [2.45, 2.75) is 62.1 Å². The highest BCUT2D eigenvalue weighted by molar-refractivity contribution is 8.01. The zero-order chi connectivity index (χ0) is 15.5. The monoisotopic (exact) mass is 325 g/mol. The molecule has 0 atom stereocenters. The van der Waals surface area contributed by atoms with E-state index in [1.54, 1.807) is 11.8 Å². The number of hydrogen-bond acceptors (Lipinski definition) is 2. The maximum Gasteiger partial charge on any atom is 0.236 e. The molecule has 1 aromatic rings. The average Bonchev–Trinajstić information content (AvgIpc) is 2.43. The van der Waals surface area contributed by atoms with E-state index in [1.165, 1.54) is 12.8 Å². The lowest BCUT2D eigenvalue weighted by Crippen LogP contribution is -2.46. The molecular weight excluding hydrogens is 302 g/mol. The first kappa shape index (κ1) is 16.7. The second kappa shape index (κ2) is 7.06. The topological polar surface area (TPSA) is 29.1 Å². The summed E-state index contributed by atoms with van der Waals surface area (Å²) in [6, 6.07) is 7.99. The molecule has 0 radical (unpaired) electrons. The van der Waals surface area contributed by atoms with E-state index >= 15 is 0 Å². The fraction of sp³-hybridized carbons (Fsp3) is 0.588. The van der Waals surface area contributed by atoms with Gasteiger partial charge in [0.15, 0.2) is 0 Å². The molecule has 21 heavy (non-hydrogen) atoms. The third-order valence-electron chi connectivity index (χ3n) is 4.08. The second-order valence-electron chi connectivity index (χ2n) is 6.50. The summed E-state index contributed by atoms with van der Waals surface area (Å²) in [6.07, 6.45) is 4.65. The van der Waals surface area contributed by atoms with E-state index in [0.717, 1.165) is 28.7 Å². The molecule has 0 aromatic heterocycles. The zero-order valence-electron chi connectivity index (χ0n) is 13.0. The Morgan fingerprint density at radius 1 is 1.19 bits per heavy atom. The van der Waals surface area contributed by atoms with Gasteiger partial charge in [0.05, 0.1) is 4.75 Å². The second-order valence-corrected chi connectivity index (χ2v) is 8.63. The van der Waals surface area contributed by atoms with Crippen LogP contribution in [-0.2, 0) is 4.79 Å².